The van der Waals surface area contributed by atoms with Crippen LogP contribution in [0, 0.1) is 5.92 Å². The van der Waals surface area contributed by atoms with Gasteiger partial charge in [0.2, 0.25) is 5.52 Å². The van der Waals surface area contributed by atoms with Crippen LogP contribution in [0.25, 0.3) is 15.8 Å². The number of aliphatic carboxylic acids is 1. The molecule has 1 aliphatic rings. The van der Waals surface area contributed by atoms with Crippen molar-refractivity contribution in [3.05, 3.63) is 34.2 Å². The predicted octanol–water partition coefficient (Wildman–Crippen LogP) is 4.53. The molecule has 0 spiro atoms. The lowest BCUT2D eigenvalue weighted by atomic mass is 9.97. The maximum Gasteiger partial charge on any atom is 0.410 e. The van der Waals surface area contributed by atoms with E-state index >= 15 is 0 Å². The molecule has 0 saturated carbocycles. The van der Waals surface area contributed by atoms with Gasteiger partial charge in [0.1, 0.15) is 22.3 Å². The maximum absolute atomic E-state index is 12.6. The van der Waals surface area contributed by atoms with Crippen molar-refractivity contribution in [1.29, 1.82) is 0 Å². The van der Waals surface area contributed by atoms with E-state index in [1.807, 2.05) is 52.9 Å². The van der Waals surface area contributed by atoms with Gasteiger partial charge in [-0.3, -0.25) is 0 Å². The standard InChI is InChI=1S/C22H28N2O4S2/c1-14-10-11-24(21(27)28-22(2,3)4)12-13-29-18(20(25)26)17(14)19-23(5)15-8-6-7-9-16(15)30-19/h6-9,14H,10-13H2,1-5H3/p+1. The molecule has 0 radical (unpaired) electrons. The van der Waals surface area contributed by atoms with Crippen molar-refractivity contribution >= 4 is 51.0 Å². The molecule has 2 heterocycles. The van der Waals surface area contributed by atoms with Gasteiger partial charge in [-0.15, -0.1) is 11.8 Å². The highest BCUT2D eigenvalue weighted by atomic mass is 32.2. The molecule has 1 aliphatic heterocycles. The Morgan fingerprint density at radius 3 is 2.57 bits per heavy atom. The summed E-state index contributed by atoms with van der Waals surface area (Å²) in [5.74, 6) is -0.429. The van der Waals surface area contributed by atoms with E-state index in [4.69, 9.17) is 4.74 Å². The van der Waals surface area contributed by atoms with Crippen molar-refractivity contribution in [3.8, 4) is 0 Å². The summed E-state index contributed by atoms with van der Waals surface area (Å²) >= 11 is 2.92. The first-order valence-electron chi connectivity index (χ1n) is 10.0. The monoisotopic (exact) mass is 449 g/mol. The van der Waals surface area contributed by atoms with Crippen LogP contribution in [0.3, 0.4) is 0 Å². The van der Waals surface area contributed by atoms with Gasteiger partial charge in [0.25, 0.3) is 5.01 Å². The summed E-state index contributed by atoms with van der Waals surface area (Å²) in [5, 5.41) is 11.0. The second-order valence-electron chi connectivity index (χ2n) is 8.49. The Balaban J connectivity index is 1.97. The Labute approximate surface area is 185 Å². The number of ether oxygens (including phenoxy) is 1. The first-order chi connectivity index (χ1) is 14.1. The number of hydrogen-bond donors (Lipinski definition) is 1. The first kappa shape index (κ1) is 22.6. The summed E-state index contributed by atoms with van der Waals surface area (Å²) in [6, 6.07) is 8.09. The minimum absolute atomic E-state index is 0.0223. The molecule has 1 N–H and O–H groups in total. The molecule has 1 amide bonds. The number of nitrogens with zero attached hydrogens (tertiary/aromatic N) is 2. The van der Waals surface area contributed by atoms with Crippen molar-refractivity contribution in [2.24, 2.45) is 13.0 Å². The van der Waals surface area contributed by atoms with Gasteiger partial charge < -0.3 is 14.7 Å². The van der Waals surface area contributed by atoms with Crippen molar-refractivity contribution < 1.29 is 24.0 Å². The molecule has 30 heavy (non-hydrogen) atoms. The van der Waals surface area contributed by atoms with Gasteiger partial charge in [-0.1, -0.05) is 30.4 Å². The lowest BCUT2D eigenvalue weighted by molar-refractivity contribution is -0.642. The van der Waals surface area contributed by atoms with Gasteiger partial charge in [-0.05, 0) is 39.2 Å². The average molecular weight is 450 g/mol. The fourth-order valence-corrected chi connectivity index (χ4v) is 5.97. The van der Waals surface area contributed by atoms with E-state index in [9.17, 15) is 14.7 Å². The summed E-state index contributed by atoms with van der Waals surface area (Å²) in [6.45, 7) is 8.57. The van der Waals surface area contributed by atoms with Gasteiger partial charge >= 0.3 is 12.1 Å². The summed E-state index contributed by atoms with van der Waals surface area (Å²) in [7, 11) is 1.98. The molecular weight excluding hydrogens is 420 g/mol. The third-order valence-corrected chi connectivity index (χ3v) is 7.31. The van der Waals surface area contributed by atoms with Crippen molar-refractivity contribution in [1.82, 2.24) is 4.90 Å². The number of thiazole rings is 1. The molecule has 1 aromatic heterocycles. The second-order valence-corrected chi connectivity index (χ2v) is 10.6. The van der Waals surface area contributed by atoms with Gasteiger partial charge in [0, 0.05) is 24.9 Å². The third kappa shape index (κ3) is 4.98. The Kier molecular flexibility index (Phi) is 6.77. The second kappa shape index (κ2) is 8.98. The highest BCUT2D eigenvalue weighted by Crippen LogP contribution is 2.38. The topological polar surface area (TPSA) is 70.7 Å². The van der Waals surface area contributed by atoms with E-state index < -0.39 is 11.6 Å². The largest absolute Gasteiger partial charge is 0.477 e. The van der Waals surface area contributed by atoms with E-state index in [1.54, 1.807) is 16.2 Å². The zero-order valence-electron chi connectivity index (χ0n) is 18.1. The molecule has 1 aromatic carbocycles. The molecule has 0 saturated heterocycles. The molecule has 2 aromatic rings. The average Bonchev–Trinajstić information content (AvgIpc) is 3.01. The minimum Gasteiger partial charge on any atom is -0.477 e. The summed E-state index contributed by atoms with van der Waals surface area (Å²) in [4.78, 5) is 26.9. The quantitative estimate of drug-likeness (QED) is 0.682. The third-order valence-electron chi connectivity index (χ3n) is 4.99. The van der Waals surface area contributed by atoms with E-state index in [0.717, 1.165) is 20.8 Å². The smallest absolute Gasteiger partial charge is 0.410 e. The molecular formula is C22H29N2O4S2+. The van der Waals surface area contributed by atoms with E-state index in [1.165, 1.54) is 11.8 Å². The molecule has 6 nitrogen and oxygen atoms in total. The number of carbonyl (C=O) groups is 2. The molecule has 1 unspecified atom stereocenters. The van der Waals surface area contributed by atoms with E-state index in [0.29, 0.717) is 30.2 Å². The number of thioether (sulfide) groups is 1. The van der Waals surface area contributed by atoms with Crippen LogP contribution >= 0.6 is 23.1 Å². The van der Waals surface area contributed by atoms with Crippen molar-refractivity contribution in [2.75, 3.05) is 18.8 Å². The lowest BCUT2D eigenvalue weighted by Gasteiger charge is -2.27. The molecule has 3 rings (SSSR count). The number of hydrogen-bond acceptors (Lipinski definition) is 5. The number of carbonyl (C=O) groups excluding carboxylic acids is 1. The summed E-state index contributed by atoms with van der Waals surface area (Å²) in [6.07, 6.45) is 0.322. The number of rotatable bonds is 2. The summed E-state index contributed by atoms with van der Waals surface area (Å²) < 4.78 is 8.75. The SMILES string of the molecule is CC1CCN(C(=O)OC(C)(C)C)CCSC(C(=O)O)=C1c1sc2ccccc2[n+]1C. The van der Waals surface area contributed by atoms with Crippen molar-refractivity contribution in [2.45, 2.75) is 39.7 Å². The van der Waals surface area contributed by atoms with Gasteiger partial charge in [0.05, 0.1) is 5.57 Å². The molecule has 0 bridgehead atoms. The van der Waals surface area contributed by atoms with E-state index in [-0.39, 0.29) is 12.0 Å². The number of aromatic nitrogens is 1. The number of benzene rings is 1. The van der Waals surface area contributed by atoms with Crippen LogP contribution in [0.5, 0.6) is 0 Å². The Bertz CT molecular complexity index is 991. The lowest BCUT2D eigenvalue weighted by Crippen LogP contribution is -2.39. The first-order valence-corrected chi connectivity index (χ1v) is 11.8. The van der Waals surface area contributed by atoms with Crippen LogP contribution < -0.4 is 4.57 Å². The molecule has 8 heteroatoms. The van der Waals surface area contributed by atoms with Crippen LogP contribution in [0.4, 0.5) is 4.79 Å². The van der Waals surface area contributed by atoms with Gasteiger partial charge in [-0.25, -0.2) is 9.59 Å². The molecule has 162 valence electrons. The Morgan fingerprint density at radius 2 is 1.93 bits per heavy atom. The predicted molar refractivity (Wildman–Crippen MR) is 122 cm³/mol. The molecule has 0 aliphatic carbocycles. The zero-order valence-corrected chi connectivity index (χ0v) is 19.7. The number of allylic oxidation sites excluding steroid dienone is 1. The maximum atomic E-state index is 12.6. The molecule has 1 atom stereocenters. The number of para-hydroxylation sites is 1. The Morgan fingerprint density at radius 1 is 1.23 bits per heavy atom. The fraction of sp³-hybridized carbons (Fsp3) is 0.500. The molecule has 0 fully saturated rings. The number of fused-ring (bicyclic) bond motifs is 1. The minimum atomic E-state index is -0.912. The summed E-state index contributed by atoms with van der Waals surface area (Å²) in [5.41, 5.74) is 1.37. The highest BCUT2D eigenvalue weighted by Gasteiger charge is 2.33. The van der Waals surface area contributed by atoms with Crippen LogP contribution in [-0.2, 0) is 16.6 Å². The van der Waals surface area contributed by atoms with Crippen LogP contribution in [-0.4, -0.2) is 46.5 Å². The van der Waals surface area contributed by atoms with Crippen LogP contribution in [0.2, 0.25) is 0 Å². The highest BCUT2D eigenvalue weighted by molar-refractivity contribution is 8.04. The Hall–Kier alpha value is -2.06. The van der Waals surface area contributed by atoms with E-state index in [2.05, 4.69) is 10.6 Å². The zero-order chi connectivity index (χ0) is 22.1. The van der Waals surface area contributed by atoms with Crippen molar-refractivity contribution in [3.63, 3.8) is 0 Å². The number of aryl methyl sites for hydroxylation is 1. The number of carboxylic acids is 1. The number of amides is 1. The van der Waals surface area contributed by atoms with Gasteiger partial charge in [0.15, 0.2) is 0 Å². The van der Waals surface area contributed by atoms with Crippen LogP contribution in [0.1, 0.15) is 39.1 Å². The fourth-order valence-electron chi connectivity index (χ4n) is 3.50. The van der Waals surface area contributed by atoms with Gasteiger partial charge in [-0.2, -0.15) is 4.57 Å². The van der Waals surface area contributed by atoms with Crippen LogP contribution in [0.15, 0.2) is 29.2 Å². The number of carboxylic acid groups (broad SMARTS) is 1. The normalized spacial score (nSPS) is 18.7.